The van der Waals surface area contributed by atoms with E-state index >= 15 is 0 Å². The SMILES string of the molecule is CC(C)CNC(=O)CN1CCN(CCC(=O)Nc2ccc(F)c(F)c2)CC1. The maximum Gasteiger partial charge on any atom is 0.234 e. The van der Waals surface area contributed by atoms with Gasteiger partial charge in [-0.15, -0.1) is 0 Å². The molecule has 2 amide bonds. The molecule has 1 aromatic rings. The average Bonchev–Trinajstić information content (AvgIpc) is 2.62. The van der Waals surface area contributed by atoms with Crippen molar-refractivity contribution in [2.45, 2.75) is 20.3 Å². The first-order valence-corrected chi connectivity index (χ1v) is 9.30. The third-order valence-corrected chi connectivity index (χ3v) is 4.40. The largest absolute Gasteiger partial charge is 0.355 e. The summed E-state index contributed by atoms with van der Waals surface area (Å²) in [5.74, 6) is -1.69. The van der Waals surface area contributed by atoms with Gasteiger partial charge >= 0.3 is 0 Å². The van der Waals surface area contributed by atoms with Crippen LogP contribution in [0.2, 0.25) is 0 Å². The van der Waals surface area contributed by atoms with Crippen LogP contribution in [0, 0.1) is 17.6 Å². The highest BCUT2D eigenvalue weighted by Crippen LogP contribution is 2.13. The zero-order chi connectivity index (χ0) is 19.8. The number of rotatable bonds is 8. The van der Waals surface area contributed by atoms with E-state index < -0.39 is 11.6 Å². The standard InChI is InChI=1S/C19H28F2N4O2/c1-14(2)12-22-19(27)13-25-9-7-24(8-10-25)6-5-18(26)23-15-3-4-16(20)17(21)11-15/h3-4,11,14H,5-10,12-13H2,1-2H3,(H,22,27)(H,23,26). The zero-order valence-electron chi connectivity index (χ0n) is 15.9. The number of nitrogens with zero attached hydrogens (tertiary/aromatic N) is 2. The Morgan fingerprint density at radius 1 is 1.04 bits per heavy atom. The smallest absolute Gasteiger partial charge is 0.234 e. The summed E-state index contributed by atoms with van der Waals surface area (Å²) in [5.41, 5.74) is 0.246. The van der Waals surface area contributed by atoms with Gasteiger partial charge in [0.1, 0.15) is 0 Å². The van der Waals surface area contributed by atoms with E-state index in [4.69, 9.17) is 0 Å². The Labute approximate surface area is 158 Å². The second kappa shape index (κ2) is 10.3. The highest BCUT2D eigenvalue weighted by molar-refractivity contribution is 5.90. The van der Waals surface area contributed by atoms with E-state index in [1.54, 1.807) is 0 Å². The molecule has 6 nitrogen and oxygen atoms in total. The number of nitrogens with one attached hydrogen (secondary N) is 2. The van der Waals surface area contributed by atoms with Gasteiger partial charge in [0.25, 0.3) is 0 Å². The van der Waals surface area contributed by atoms with E-state index in [0.717, 1.165) is 38.3 Å². The predicted molar refractivity (Wildman–Crippen MR) is 100 cm³/mol. The highest BCUT2D eigenvalue weighted by Gasteiger charge is 2.19. The summed E-state index contributed by atoms with van der Waals surface area (Å²) in [6.07, 6.45) is 0.272. The number of amides is 2. The molecule has 0 saturated carbocycles. The van der Waals surface area contributed by atoms with Crippen LogP contribution < -0.4 is 10.6 Å². The molecule has 0 unspecified atom stereocenters. The number of halogens is 2. The van der Waals surface area contributed by atoms with Crippen molar-refractivity contribution in [1.29, 1.82) is 0 Å². The highest BCUT2D eigenvalue weighted by atomic mass is 19.2. The Morgan fingerprint density at radius 2 is 1.70 bits per heavy atom. The summed E-state index contributed by atoms with van der Waals surface area (Å²) in [6.45, 7) is 8.92. The van der Waals surface area contributed by atoms with Crippen LogP contribution in [-0.4, -0.2) is 67.4 Å². The first kappa shape index (κ1) is 21.2. The molecule has 1 aromatic carbocycles. The minimum Gasteiger partial charge on any atom is -0.355 e. The minimum atomic E-state index is -0.985. The van der Waals surface area contributed by atoms with Gasteiger partial charge < -0.3 is 15.5 Å². The minimum absolute atomic E-state index is 0.0445. The van der Waals surface area contributed by atoms with Crippen LogP contribution >= 0.6 is 0 Å². The van der Waals surface area contributed by atoms with Gasteiger partial charge in [-0.2, -0.15) is 0 Å². The molecule has 150 valence electrons. The molecule has 2 N–H and O–H groups in total. The van der Waals surface area contributed by atoms with Crippen molar-refractivity contribution in [3.8, 4) is 0 Å². The number of piperazine rings is 1. The quantitative estimate of drug-likeness (QED) is 0.718. The molecule has 1 saturated heterocycles. The van der Waals surface area contributed by atoms with Crippen LogP contribution in [0.5, 0.6) is 0 Å². The summed E-state index contributed by atoms with van der Waals surface area (Å²) in [4.78, 5) is 28.1. The molecule has 0 bridgehead atoms. The molecular formula is C19H28F2N4O2. The van der Waals surface area contributed by atoms with Crippen molar-refractivity contribution < 1.29 is 18.4 Å². The van der Waals surface area contributed by atoms with Gasteiger partial charge in [-0.1, -0.05) is 13.8 Å². The zero-order valence-corrected chi connectivity index (χ0v) is 15.9. The molecule has 1 aliphatic rings. The normalized spacial score (nSPS) is 15.7. The van der Waals surface area contributed by atoms with Gasteiger partial charge in [-0.25, -0.2) is 8.78 Å². The van der Waals surface area contributed by atoms with E-state index in [1.165, 1.54) is 6.07 Å². The summed E-state index contributed by atoms with van der Waals surface area (Å²) < 4.78 is 26.0. The molecule has 0 atom stereocenters. The third-order valence-electron chi connectivity index (χ3n) is 4.40. The van der Waals surface area contributed by atoms with Crippen LogP contribution in [0.4, 0.5) is 14.5 Å². The number of hydrogen-bond donors (Lipinski definition) is 2. The van der Waals surface area contributed by atoms with Crippen LogP contribution in [-0.2, 0) is 9.59 Å². The van der Waals surface area contributed by atoms with Crippen molar-refractivity contribution in [3.05, 3.63) is 29.8 Å². The monoisotopic (exact) mass is 382 g/mol. The van der Waals surface area contributed by atoms with Crippen molar-refractivity contribution in [2.75, 3.05) is 51.1 Å². The molecular weight excluding hydrogens is 354 g/mol. The first-order chi connectivity index (χ1) is 12.8. The average molecular weight is 382 g/mol. The lowest BCUT2D eigenvalue weighted by atomic mass is 10.2. The molecule has 0 spiro atoms. The Kier molecular flexibility index (Phi) is 8.12. The van der Waals surface area contributed by atoms with Gasteiger partial charge in [0, 0.05) is 57.4 Å². The number of carbonyl (C=O) groups excluding carboxylic acids is 2. The third kappa shape index (κ3) is 7.60. The number of hydrogen-bond acceptors (Lipinski definition) is 4. The van der Waals surface area contributed by atoms with E-state index in [-0.39, 0.29) is 23.9 Å². The van der Waals surface area contributed by atoms with Gasteiger partial charge in [0.2, 0.25) is 11.8 Å². The van der Waals surface area contributed by atoms with Crippen molar-refractivity contribution >= 4 is 17.5 Å². The number of carbonyl (C=O) groups is 2. The molecule has 2 rings (SSSR count). The maximum absolute atomic E-state index is 13.2. The molecule has 8 heteroatoms. The molecule has 27 heavy (non-hydrogen) atoms. The van der Waals surface area contributed by atoms with E-state index in [0.29, 0.717) is 25.6 Å². The van der Waals surface area contributed by atoms with Crippen LogP contribution in [0.15, 0.2) is 18.2 Å². The molecule has 1 aliphatic heterocycles. The van der Waals surface area contributed by atoms with Crippen LogP contribution in [0.3, 0.4) is 0 Å². The lowest BCUT2D eigenvalue weighted by Gasteiger charge is -2.34. The fraction of sp³-hybridized carbons (Fsp3) is 0.579. The van der Waals surface area contributed by atoms with Gasteiger partial charge in [-0.3, -0.25) is 14.5 Å². The molecule has 0 aromatic heterocycles. The van der Waals surface area contributed by atoms with E-state index in [2.05, 4.69) is 34.3 Å². The Hall–Kier alpha value is -2.06. The lowest BCUT2D eigenvalue weighted by molar-refractivity contribution is -0.122. The Balaban J connectivity index is 1.64. The Bertz CT molecular complexity index is 647. The maximum atomic E-state index is 13.2. The first-order valence-electron chi connectivity index (χ1n) is 9.30. The number of benzene rings is 1. The van der Waals surface area contributed by atoms with Gasteiger partial charge in [-0.05, 0) is 18.1 Å². The fourth-order valence-electron chi connectivity index (χ4n) is 2.80. The molecule has 0 aliphatic carbocycles. The van der Waals surface area contributed by atoms with Crippen molar-refractivity contribution in [2.24, 2.45) is 5.92 Å². The number of anilines is 1. The van der Waals surface area contributed by atoms with E-state index in [9.17, 15) is 18.4 Å². The van der Waals surface area contributed by atoms with Crippen molar-refractivity contribution in [1.82, 2.24) is 15.1 Å². The van der Waals surface area contributed by atoms with Gasteiger partial charge in [0.15, 0.2) is 11.6 Å². The topological polar surface area (TPSA) is 64.7 Å². The summed E-state index contributed by atoms with van der Waals surface area (Å²) in [5, 5.41) is 5.49. The summed E-state index contributed by atoms with van der Waals surface area (Å²) in [7, 11) is 0. The van der Waals surface area contributed by atoms with Crippen LogP contribution in [0.1, 0.15) is 20.3 Å². The predicted octanol–water partition coefficient (Wildman–Crippen LogP) is 1.68. The Morgan fingerprint density at radius 3 is 2.33 bits per heavy atom. The van der Waals surface area contributed by atoms with Crippen LogP contribution in [0.25, 0.3) is 0 Å². The van der Waals surface area contributed by atoms with Crippen molar-refractivity contribution in [3.63, 3.8) is 0 Å². The fourth-order valence-corrected chi connectivity index (χ4v) is 2.80. The van der Waals surface area contributed by atoms with Gasteiger partial charge in [0.05, 0.1) is 6.54 Å². The second-order valence-corrected chi connectivity index (χ2v) is 7.24. The molecule has 1 heterocycles. The summed E-state index contributed by atoms with van der Waals surface area (Å²) >= 11 is 0. The molecule has 1 fully saturated rings. The second-order valence-electron chi connectivity index (χ2n) is 7.24. The summed E-state index contributed by atoms with van der Waals surface area (Å²) in [6, 6.07) is 3.29. The van der Waals surface area contributed by atoms with E-state index in [1.807, 2.05) is 0 Å². The lowest BCUT2D eigenvalue weighted by Crippen LogP contribution is -2.50. The molecule has 0 radical (unpaired) electrons.